The maximum absolute atomic E-state index is 12.8. The van der Waals surface area contributed by atoms with Crippen molar-refractivity contribution in [2.24, 2.45) is 0 Å². The van der Waals surface area contributed by atoms with Gasteiger partial charge in [0.15, 0.2) is 0 Å². The molecule has 2 aromatic heterocycles. The molecular weight excluding hydrogens is 424 g/mol. The predicted octanol–water partition coefficient (Wildman–Crippen LogP) is 3.80. The van der Waals surface area contributed by atoms with E-state index in [1.807, 2.05) is 22.8 Å². The van der Waals surface area contributed by atoms with Gasteiger partial charge in [-0.05, 0) is 53.5 Å². The van der Waals surface area contributed by atoms with Crippen LogP contribution >= 0.6 is 23.2 Å². The Morgan fingerprint density at radius 2 is 2.03 bits per heavy atom. The smallest absolute Gasteiger partial charge is 0.423 e. The summed E-state index contributed by atoms with van der Waals surface area (Å²) in [6.45, 7) is 0.352. The Bertz CT molecular complexity index is 1310. The lowest BCUT2D eigenvalue weighted by Crippen LogP contribution is -2.28. The highest BCUT2D eigenvalue weighted by Crippen LogP contribution is 2.29. The molecule has 5 rings (SSSR count). The molecule has 1 aliphatic heterocycles. The molecule has 0 bridgehead atoms. The number of carbonyl (C=O) groups is 1. The summed E-state index contributed by atoms with van der Waals surface area (Å²) < 4.78 is 7.01. The first kappa shape index (κ1) is 19.1. The van der Waals surface area contributed by atoms with E-state index in [1.54, 1.807) is 42.7 Å². The summed E-state index contributed by atoms with van der Waals surface area (Å²) in [6.07, 6.45) is 3.46. The predicted molar refractivity (Wildman–Crippen MR) is 118 cm³/mol. The lowest BCUT2D eigenvalue weighted by Gasteiger charge is -2.11. The van der Waals surface area contributed by atoms with Crippen molar-refractivity contribution in [3.63, 3.8) is 0 Å². The third kappa shape index (κ3) is 3.26. The summed E-state index contributed by atoms with van der Waals surface area (Å²) >= 11 is 12.7. The molecular formula is C21H14BCl2N3O3. The number of nitrogens with one attached hydrogen (secondary N) is 1. The molecule has 3 heterocycles. The second kappa shape index (κ2) is 7.45. The summed E-state index contributed by atoms with van der Waals surface area (Å²) in [4.78, 5) is 17.1. The number of rotatable bonds is 3. The Kier molecular flexibility index (Phi) is 4.75. The van der Waals surface area contributed by atoms with E-state index in [4.69, 9.17) is 27.9 Å². The van der Waals surface area contributed by atoms with Crippen LogP contribution in [0.4, 0.5) is 5.69 Å². The van der Waals surface area contributed by atoms with E-state index >= 15 is 0 Å². The molecule has 0 atom stereocenters. The molecule has 30 heavy (non-hydrogen) atoms. The van der Waals surface area contributed by atoms with Crippen molar-refractivity contribution >= 4 is 58.4 Å². The number of hydrogen-bond donors (Lipinski definition) is 2. The molecule has 9 heteroatoms. The van der Waals surface area contributed by atoms with Crippen molar-refractivity contribution in [1.82, 2.24) is 9.55 Å². The second-order valence-electron chi connectivity index (χ2n) is 6.92. The maximum Gasteiger partial charge on any atom is 0.491 e. The van der Waals surface area contributed by atoms with Gasteiger partial charge in [0.1, 0.15) is 5.65 Å². The number of aromatic nitrogens is 2. The monoisotopic (exact) mass is 437 g/mol. The first-order valence-electron chi connectivity index (χ1n) is 9.16. The van der Waals surface area contributed by atoms with Crippen molar-refractivity contribution < 1.29 is 14.5 Å². The molecule has 148 valence electrons. The average molecular weight is 438 g/mol. The number of carbonyl (C=O) groups excluding carboxylic acids is 1. The normalized spacial score (nSPS) is 13.0. The topological polar surface area (TPSA) is 76.4 Å². The zero-order valence-corrected chi connectivity index (χ0v) is 17.0. The number of fused-ring (bicyclic) bond motifs is 2. The second-order valence-corrected chi connectivity index (χ2v) is 7.73. The Morgan fingerprint density at radius 1 is 1.17 bits per heavy atom. The van der Waals surface area contributed by atoms with E-state index in [1.165, 1.54) is 0 Å². The molecule has 1 amide bonds. The fourth-order valence-corrected chi connectivity index (χ4v) is 4.05. The standard InChI is InChI=1S/C21H14BCl2N3O3/c23-18-9-14(27-10-19(24)15-2-1-7-25-20(15)27)5-6-16(18)21(28)26-13-4-3-12-11-30-22(29)17(12)8-13/h1-10,29H,11H2,(H,26,28). The van der Waals surface area contributed by atoms with Gasteiger partial charge in [0, 0.05) is 29.2 Å². The van der Waals surface area contributed by atoms with Gasteiger partial charge in [-0.2, -0.15) is 0 Å². The molecule has 6 nitrogen and oxygen atoms in total. The van der Waals surface area contributed by atoms with Gasteiger partial charge in [-0.25, -0.2) is 4.98 Å². The van der Waals surface area contributed by atoms with Gasteiger partial charge >= 0.3 is 7.12 Å². The van der Waals surface area contributed by atoms with Crippen LogP contribution in [0, 0.1) is 0 Å². The van der Waals surface area contributed by atoms with Gasteiger partial charge in [-0.15, -0.1) is 0 Å². The Labute approximate surface area is 182 Å². The van der Waals surface area contributed by atoms with Crippen LogP contribution in [0.5, 0.6) is 0 Å². The van der Waals surface area contributed by atoms with Crippen LogP contribution in [0.2, 0.25) is 10.0 Å². The largest absolute Gasteiger partial charge is 0.491 e. The fraction of sp³-hybridized carbons (Fsp3) is 0.0476. The summed E-state index contributed by atoms with van der Waals surface area (Å²) in [7, 11) is -0.975. The van der Waals surface area contributed by atoms with Gasteiger partial charge < -0.3 is 15.0 Å². The first-order valence-corrected chi connectivity index (χ1v) is 9.92. The minimum atomic E-state index is -0.975. The molecule has 0 saturated heterocycles. The zero-order chi connectivity index (χ0) is 20.8. The van der Waals surface area contributed by atoms with E-state index in [-0.39, 0.29) is 5.91 Å². The van der Waals surface area contributed by atoms with E-state index in [9.17, 15) is 9.82 Å². The maximum atomic E-state index is 12.8. The third-order valence-electron chi connectivity index (χ3n) is 5.06. The average Bonchev–Trinajstić information content (AvgIpc) is 3.28. The van der Waals surface area contributed by atoms with Crippen LogP contribution < -0.4 is 10.8 Å². The Balaban J connectivity index is 1.43. The van der Waals surface area contributed by atoms with Gasteiger partial charge in [-0.3, -0.25) is 9.36 Å². The van der Waals surface area contributed by atoms with Crippen LogP contribution in [0.1, 0.15) is 15.9 Å². The Morgan fingerprint density at radius 3 is 2.87 bits per heavy atom. The number of amides is 1. The van der Waals surface area contributed by atoms with Crippen LogP contribution in [0.25, 0.3) is 16.7 Å². The van der Waals surface area contributed by atoms with Gasteiger partial charge in [-0.1, -0.05) is 29.3 Å². The van der Waals surface area contributed by atoms with E-state index in [2.05, 4.69) is 10.3 Å². The summed E-state index contributed by atoms with van der Waals surface area (Å²) in [6, 6.07) is 14.1. The summed E-state index contributed by atoms with van der Waals surface area (Å²) in [5.41, 5.74) is 3.87. The van der Waals surface area contributed by atoms with Crippen molar-refractivity contribution in [3.8, 4) is 5.69 Å². The highest BCUT2D eigenvalue weighted by atomic mass is 35.5. The van der Waals surface area contributed by atoms with Crippen molar-refractivity contribution in [1.29, 1.82) is 0 Å². The van der Waals surface area contributed by atoms with Crippen LogP contribution in [-0.2, 0) is 11.3 Å². The Hall–Kier alpha value is -2.84. The molecule has 1 aliphatic rings. The molecule has 4 aromatic rings. The highest BCUT2D eigenvalue weighted by Gasteiger charge is 2.27. The minimum Gasteiger partial charge on any atom is -0.423 e. The number of hydrogen-bond acceptors (Lipinski definition) is 4. The van der Waals surface area contributed by atoms with Crippen molar-refractivity contribution in [2.75, 3.05) is 5.32 Å². The molecule has 0 unspecified atom stereocenters. The molecule has 0 spiro atoms. The van der Waals surface area contributed by atoms with Crippen LogP contribution in [0.15, 0.2) is 60.9 Å². The van der Waals surface area contributed by atoms with Gasteiger partial charge in [0.25, 0.3) is 5.91 Å². The molecule has 0 radical (unpaired) electrons. The highest BCUT2D eigenvalue weighted by molar-refractivity contribution is 6.61. The molecule has 0 aliphatic carbocycles. The fourth-order valence-electron chi connectivity index (χ4n) is 3.55. The summed E-state index contributed by atoms with van der Waals surface area (Å²) in [5, 5.41) is 14.4. The van der Waals surface area contributed by atoms with Crippen molar-refractivity contribution in [2.45, 2.75) is 6.61 Å². The molecule has 2 aromatic carbocycles. The quantitative estimate of drug-likeness (QED) is 0.478. The SMILES string of the molecule is O=C(Nc1ccc2c(c1)B(O)OC2)c1ccc(-n2cc(Cl)c3cccnc32)cc1Cl. The molecule has 0 saturated carbocycles. The lowest BCUT2D eigenvalue weighted by atomic mass is 9.79. The van der Waals surface area contributed by atoms with Crippen LogP contribution in [0.3, 0.4) is 0 Å². The molecule has 0 fully saturated rings. The van der Waals surface area contributed by atoms with Crippen LogP contribution in [-0.4, -0.2) is 27.6 Å². The lowest BCUT2D eigenvalue weighted by molar-refractivity contribution is 0.102. The molecule has 2 N–H and O–H groups in total. The summed E-state index contributed by atoms with van der Waals surface area (Å²) in [5.74, 6) is -0.353. The zero-order valence-electron chi connectivity index (χ0n) is 15.5. The van der Waals surface area contributed by atoms with E-state index in [0.29, 0.717) is 39.0 Å². The third-order valence-corrected chi connectivity index (χ3v) is 5.67. The first-order chi connectivity index (χ1) is 14.5. The number of pyridine rings is 1. The number of nitrogens with zero attached hydrogens (tertiary/aromatic N) is 2. The van der Waals surface area contributed by atoms with Crippen molar-refractivity contribution in [3.05, 3.63) is 82.1 Å². The van der Waals surface area contributed by atoms with E-state index in [0.717, 1.165) is 16.6 Å². The van der Waals surface area contributed by atoms with Gasteiger partial charge in [0.2, 0.25) is 0 Å². The number of benzene rings is 2. The number of halogens is 2. The number of anilines is 1. The minimum absolute atomic E-state index is 0.295. The van der Waals surface area contributed by atoms with E-state index < -0.39 is 7.12 Å². The van der Waals surface area contributed by atoms with Gasteiger partial charge in [0.05, 0.1) is 22.2 Å².